The zero-order chi connectivity index (χ0) is 12.8. The highest BCUT2D eigenvalue weighted by molar-refractivity contribution is 5.98. The number of hydrogen-bond donors (Lipinski definition) is 2. The van der Waals surface area contributed by atoms with E-state index in [0.29, 0.717) is 12.1 Å². The lowest BCUT2D eigenvalue weighted by molar-refractivity contribution is -0.122. The maximum atomic E-state index is 11.9. The van der Waals surface area contributed by atoms with E-state index in [1.807, 2.05) is 26.0 Å². The van der Waals surface area contributed by atoms with Crippen LogP contribution in [0.1, 0.15) is 29.8 Å². The highest BCUT2D eigenvalue weighted by Crippen LogP contribution is 2.06. The van der Waals surface area contributed by atoms with Gasteiger partial charge in [-0.2, -0.15) is 0 Å². The topological polar surface area (TPSA) is 58.2 Å². The fourth-order valence-corrected chi connectivity index (χ4v) is 1.49. The smallest absolute Gasteiger partial charge is 0.252 e. The van der Waals surface area contributed by atoms with Gasteiger partial charge in [0.25, 0.3) is 5.91 Å². The van der Waals surface area contributed by atoms with E-state index in [2.05, 4.69) is 10.6 Å². The molecular weight excluding hydrogens is 216 g/mol. The lowest BCUT2D eigenvalue weighted by Gasteiger charge is -2.14. The van der Waals surface area contributed by atoms with Gasteiger partial charge in [0.15, 0.2) is 0 Å². The Kier molecular flexibility index (Phi) is 4.69. The summed E-state index contributed by atoms with van der Waals surface area (Å²) < 4.78 is 0. The van der Waals surface area contributed by atoms with Gasteiger partial charge < -0.3 is 10.6 Å². The Labute approximate surface area is 101 Å². The Hall–Kier alpha value is -1.84. The number of carbonyl (C=O) groups is 2. The summed E-state index contributed by atoms with van der Waals surface area (Å²) in [6, 6.07) is 6.76. The molecule has 2 N–H and O–H groups in total. The zero-order valence-corrected chi connectivity index (χ0v) is 10.4. The van der Waals surface area contributed by atoms with Gasteiger partial charge in [-0.05, 0) is 32.4 Å². The molecule has 1 atom stereocenters. The van der Waals surface area contributed by atoms with Crippen LogP contribution in [-0.2, 0) is 4.79 Å². The zero-order valence-electron chi connectivity index (χ0n) is 10.4. The van der Waals surface area contributed by atoms with Gasteiger partial charge in [0.05, 0.1) is 0 Å². The van der Waals surface area contributed by atoms with Crippen LogP contribution in [0.5, 0.6) is 0 Å². The third kappa shape index (κ3) is 3.59. The first-order chi connectivity index (χ1) is 8.06. The molecule has 0 aliphatic rings. The van der Waals surface area contributed by atoms with Crippen LogP contribution in [0.4, 0.5) is 0 Å². The number of amides is 2. The molecule has 0 saturated heterocycles. The summed E-state index contributed by atoms with van der Waals surface area (Å²) in [6.07, 6.45) is 0. The van der Waals surface area contributed by atoms with E-state index in [-0.39, 0.29) is 11.8 Å². The van der Waals surface area contributed by atoms with Crippen molar-refractivity contribution in [2.24, 2.45) is 0 Å². The van der Waals surface area contributed by atoms with Crippen molar-refractivity contribution in [3.05, 3.63) is 35.4 Å². The number of aryl methyl sites for hydroxylation is 1. The summed E-state index contributed by atoms with van der Waals surface area (Å²) >= 11 is 0. The molecule has 1 aromatic rings. The van der Waals surface area contributed by atoms with Crippen LogP contribution >= 0.6 is 0 Å². The maximum absolute atomic E-state index is 11.9. The fourth-order valence-electron chi connectivity index (χ4n) is 1.49. The fraction of sp³-hybridized carbons (Fsp3) is 0.385. The average molecular weight is 234 g/mol. The van der Waals surface area contributed by atoms with Crippen molar-refractivity contribution in [3.63, 3.8) is 0 Å². The second-order valence-corrected chi connectivity index (χ2v) is 3.90. The predicted octanol–water partition coefficient (Wildman–Crippen LogP) is 1.25. The normalized spacial score (nSPS) is 11.7. The summed E-state index contributed by atoms with van der Waals surface area (Å²) in [5, 5.41) is 5.33. The molecule has 0 aliphatic carbocycles. The average Bonchev–Trinajstić information content (AvgIpc) is 2.29. The van der Waals surface area contributed by atoms with Gasteiger partial charge in [0, 0.05) is 12.1 Å². The molecular formula is C13H18N2O2. The molecule has 0 aliphatic heterocycles. The minimum atomic E-state index is -0.526. The van der Waals surface area contributed by atoms with E-state index >= 15 is 0 Å². The van der Waals surface area contributed by atoms with Crippen molar-refractivity contribution >= 4 is 11.8 Å². The Morgan fingerprint density at radius 2 is 1.94 bits per heavy atom. The van der Waals surface area contributed by atoms with Crippen LogP contribution in [0.25, 0.3) is 0 Å². The molecule has 1 aromatic carbocycles. The number of rotatable bonds is 4. The number of hydrogen-bond acceptors (Lipinski definition) is 2. The Bertz CT molecular complexity index is 416. The molecule has 0 spiro atoms. The molecule has 17 heavy (non-hydrogen) atoms. The van der Waals surface area contributed by atoms with Gasteiger partial charge >= 0.3 is 0 Å². The molecule has 92 valence electrons. The quantitative estimate of drug-likeness (QED) is 0.823. The number of nitrogens with one attached hydrogen (secondary N) is 2. The largest absolute Gasteiger partial charge is 0.355 e. The van der Waals surface area contributed by atoms with E-state index in [9.17, 15) is 9.59 Å². The van der Waals surface area contributed by atoms with Gasteiger partial charge in [-0.15, -0.1) is 0 Å². The van der Waals surface area contributed by atoms with Gasteiger partial charge in [-0.25, -0.2) is 0 Å². The SMILES string of the molecule is CCNC(=O)[C@H](C)NC(=O)c1ccccc1C. The van der Waals surface area contributed by atoms with E-state index in [0.717, 1.165) is 5.56 Å². The molecule has 0 unspecified atom stereocenters. The minimum Gasteiger partial charge on any atom is -0.355 e. The molecule has 4 heteroatoms. The van der Waals surface area contributed by atoms with Crippen molar-refractivity contribution in [2.45, 2.75) is 26.8 Å². The van der Waals surface area contributed by atoms with Gasteiger partial charge in [0.2, 0.25) is 5.91 Å². The van der Waals surface area contributed by atoms with Gasteiger partial charge in [-0.3, -0.25) is 9.59 Å². The van der Waals surface area contributed by atoms with Crippen molar-refractivity contribution in [3.8, 4) is 0 Å². The molecule has 4 nitrogen and oxygen atoms in total. The molecule has 0 bridgehead atoms. The summed E-state index contributed by atoms with van der Waals surface area (Å²) in [4.78, 5) is 23.4. The second-order valence-electron chi connectivity index (χ2n) is 3.90. The van der Waals surface area contributed by atoms with Gasteiger partial charge in [0.1, 0.15) is 6.04 Å². The van der Waals surface area contributed by atoms with E-state index < -0.39 is 6.04 Å². The summed E-state index contributed by atoms with van der Waals surface area (Å²) in [5.74, 6) is -0.392. The van der Waals surface area contributed by atoms with Gasteiger partial charge in [-0.1, -0.05) is 18.2 Å². The maximum Gasteiger partial charge on any atom is 0.252 e. The molecule has 0 radical (unpaired) electrons. The minimum absolute atomic E-state index is 0.172. The van der Waals surface area contributed by atoms with Crippen LogP contribution in [0.2, 0.25) is 0 Å². The van der Waals surface area contributed by atoms with E-state index in [1.54, 1.807) is 19.1 Å². The summed E-state index contributed by atoms with van der Waals surface area (Å²) in [5.41, 5.74) is 1.50. The lowest BCUT2D eigenvalue weighted by atomic mass is 10.1. The van der Waals surface area contributed by atoms with Crippen LogP contribution in [-0.4, -0.2) is 24.4 Å². The molecule has 0 aromatic heterocycles. The van der Waals surface area contributed by atoms with Crippen LogP contribution < -0.4 is 10.6 Å². The second kappa shape index (κ2) is 6.03. The third-order valence-corrected chi connectivity index (χ3v) is 2.48. The van der Waals surface area contributed by atoms with Crippen LogP contribution in [0.15, 0.2) is 24.3 Å². The number of benzene rings is 1. The summed E-state index contributed by atoms with van der Waals surface area (Å²) in [7, 11) is 0. The van der Waals surface area contributed by atoms with Crippen LogP contribution in [0, 0.1) is 6.92 Å². The first kappa shape index (κ1) is 13.2. The molecule has 2 amide bonds. The Morgan fingerprint density at radius 1 is 1.29 bits per heavy atom. The van der Waals surface area contributed by atoms with Crippen molar-refractivity contribution in [1.82, 2.24) is 10.6 Å². The standard InChI is InChI=1S/C13H18N2O2/c1-4-14-12(16)10(3)15-13(17)11-8-6-5-7-9(11)2/h5-8,10H,4H2,1-3H3,(H,14,16)(H,15,17)/t10-/m0/s1. The highest BCUT2D eigenvalue weighted by atomic mass is 16.2. The van der Waals surface area contributed by atoms with E-state index in [1.165, 1.54) is 0 Å². The van der Waals surface area contributed by atoms with Crippen molar-refractivity contribution < 1.29 is 9.59 Å². The highest BCUT2D eigenvalue weighted by Gasteiger charge is 2.16. The first-order valence-electron chi connectivity index (χ1n) is 5.70. The summed E-state index contributed by atoms with van der Waals surface area (Å²) in [6.45, 7) is 5.93. The van der Waals surface area contributed by atoms with Crippen LogP contribution in [0.3, 0.4) is 0 Å². The molecule has 0 heterocycles. The van der Waals surface area contributed by atoms with E-state index in [4.69, 9.17) is 0 Å². The third-order valence-electron chi connectivity index (χ3n) is 2.48. The molecule has 0 saturated carbocycles. The predicted molar refractivity (Wildman–Crippen MR) is 66.8 cm³/mol. The van der Waals surface area contributed by atoms with Crippen molar-refractivity contribution in [2.75, 3.05) is 6.54 Å². The number of carbonyl (C=O) groups excluding carboxylic acids is 2. The van der Waals surface area contributed by atoms with Crippen molar-refractivity contribution in [1.29, 1.82) is 0 Å². The molecule has 0 fully saturated rings. The lowest BCUT2D eigenvalue weighted by Crippen LogP contribution is -2.44. The molecule has 1 rings (SSSR count). The Morgan fingerprint density at radius 3 is 2.53 bits per heavy atom. The monoisotopic (exact) mass is 234 g/mol. The Balaban J connectivity index is 2.67. The first-order valence-corrected chi connectivity index (χ1v) is 5.70. The number of likely N-dealkylation sites (N-methyl/N-ethyl adjacent to an activating group) is 1.